The maximum atomic E-state index is 12.5. The third-order valence-corrected chi connectivity index (χ3v) is 5.22. The number of amides is 1. The fraction of sp³-hybridized carbons (Fsp3) is 0.421. The molecule has 0 aliphatic carbocycles. The molecule has 0 spiro atoms. The molecule has 24 heavy (non-hydrogen) atoms. The smallest absolute Gasteiger partial charge is 0.265 e. The van der Waals surface area contributed by atoms with Crippen LogP contribution in [0.2, 0.25) is 0 Å². The highest BCUT2D eigenvalue weighted by atomic mass is 32.1. The lowest BCUT2D eigenvalue weighted by Crippen LogP contribution is -2.21. The molecule has 1 aromatic heterocycles. The molecule has 2 N–H and O–H groups in total. The van der Waals surface area contributed by atoms with Crippen LogP contribution in [0.3, 0.4) is 0 Å². The van der Waals surface area contributed by atoms with Crippen molar-refractivity contribution in [3.8, 4) is 0 Å². The highest BCUT2D eigenvalue weighted by Gasteiger charge is 2.13. The minimum atomic E-state index is -0.0477. The van der Waals surface area contributed by atoms with Gasteiger partial charge in [-0.3, -0.25) is 4.79 Å². The number of anilines is 2. The van der Waals surface area contributed by atoms with Gasteiger partial charge in [-0.1, -0.05) is 20.3 Å². The van der Waals surface area contributed by atoms with Gasteiger partial charge in [0.25, 0.3) is 5.91 Å². The SMILES string of the molecule is CCCc1sc(C(=O)Nc2ccc(N(C)CCO)cc2)cc1CC. The number of benzene rings is 1. The minimum Gasteiger partial charge on any atom is -0.395 e. The Bertz CT molecular complexity index is 665. The van der Waals surface area contributed by atoms with E-state index in [1.54, 1.807) is 11.3 Å². The van der Waals surface area contributed by atoms with Crippen molar-refractivity contribution in [2.24, 2.45) is 0 Å². The van der Waals surface area contributed by atoms with E-state index in [1.807, 2.05) is 42.3 Å². The maximum Gasteiger partial charge on any atom is 0.265 e. The van der Waals surface area contributed by atoms with Gasteiger partial charge in [0.05, 0.1) is 11.5 Å². The topological polar surface area (TPSA) is 52.6 Å². The standard InChI is InChI=1S/C19H26N2O2S/c1-4-6-17-14(5-2)13-18(24-17)19(23)20-15-7-9-16(10-8-15)21(3)11-12-22/h7-10,13,22H,4-6,11-12H2,1-3H3,(H,20,23). The van der Waals surface area contributed by atoms with Crippen molar-refractivity contribution >= 4 is 28.6 Å². The third-order valence-electron chi connectivity index (χ3n) is 3.98. The van der Waals surface area contributed by atoms with Gasteiger partial charge in [0.2, 0.25) is 0 Å². The molecule has 0 unspecified atom stereocenters. The maximum absolute atomic E-state index is 12.5. The number of carbonyl (C=O) groups excluding carboxylic acids is 1. The molecule has 2 rings (SSSR count). The second-order valence-corrected chi connectivity index (χ2v) is 6.95. The average Bonchev–Trinajstić information content (AvgIpc) is 2.99. The molecular weight excluding hydrogens is 320 g/mol. The first-order valence-corrected chi connectivity index (χ1v) is 9.25. The first kappa shape index (κ1) is 18.5. The molecule has 5 heteroatoms. The number of nitrogens with one attached hydrogen (secondary N) is 1. The van der Waals surface area contributed by atoms with Crippen LogP contribution in [-0.4, -0.2) is 31.2 Å². The normalized spacial score (nSPS) is 10.7. The summed E-state index contributed by atoms with van der Waals surface area (Å²) in [6.07, 6.45) is 3.09. The van der Waals surface area contributed by atoms with Crippen LogP contribution in [-0.2, 0) is 12.8 Å². The molecule has 4 nitrogen and oxygen atoms in total. The molecule has 0 bridgehead atoms. The van der Waals surface area contributed by atoms with Crippen molar-refractivity contribution < 1.29 is 9.90 Å². The van der Waals surface area contributed by atoms with Crippen LogP contribution in [0.5, 0.6) is 0 Å². The van der Waals surface area contributed by atoms with Crippen molar-refractivity contribution in [3.05, 3.63) is 45.6 Å². The molecule has 0 aliphatic rings. The molecule has 1 heterocycles. The Hall–Kier alpha value is -1.85. The Labute approximate surface area is 148 Å². The number of hydrogen-bond donors (Lipinski definition) is 2. The predicted molar refractivity (Wildman–Crippen MR) is 102 cm³/mol. The van der Waals surface area contributed by atoms with E-state index in [0.717, 1.165) is 35.5 Å². The summed E-state index contributed by atoms with van der Waals surface area (Å²) in [6.45, 7) is 4.99. The average molecular weight is 346 g/mol. The van der Waals surface area contributed by atoms with E-state index in [4.69, 9.17) is 5.11 Å². The highest BCUT2D eigenvalue weighted by molar-refractivity contribution is 7.14. The molecule has 0 aliphatic heterocycles. The zero-order valence-corrected chi connectivity index (χ0v) is 15.4. The molecule has 2 aromatic rings. The van der Waals surface area contributed by atoms with Crippen molar-refractivity contribution in [1.29, 1.82) is 0 Å². The van der Waals surface area contributed by atoms with Gasteiger partial charge in [0.1, 0.15) is 0 Å². The number of carbonyl (C=O) groups is 1. The molecule has 0 saturated carbocycles. The van der Waals surface area contributed by atoms with Gasteiger partial charge in [-0.15, -0.1) is 11.3 Å². The molecule has 130 valence electrons. The Morgan fingerprint density at radius 3 is 2.54 bits per heavy atom. The number of aliphatic hydroxyl groups is 1. The first-order chi connectivity index (χ1) is 11.6. The quantitative estimate of drug-likeness (QED) is 0.761. The summed E-state index contributed by atoms with van der Waals surface area (Å²) in [4.78, 5) is 16.5. The van der Waals surface area contributed by atoms with Gasteiger partial charge >= 0.3 is 0 Å². The number of aliphatic hydroxyl groups excluding tert-OH is 1. The Kier molecular flexibility index (Phi) is 6.82. The summed E-state index contributed by atoms with van der Waals surface area (Å²) >= 11 is 1.60. The number of hydrogen-bond acceptors (Lipinski definition) is 4. The molecule has 0 fully saturated rings. The summed E-state index contributed by atoms with van der Waals surface area (Å²) in [6, 6.07) is 9.69. The van der Waals surface area contributed by atoms with Crippen LogP contribution in [0.25, 0.3) is 0 Å². The predicted octanol–water partition coefficient (Wildman–Crippen LogP) is 3.94. The Balaban J connectivity index is 2.06. The van der Waals surface area contributed by atoms with Crippen LogP contribution in [0.15, 0.2) is 30.3 Å². The van der Waals surface area contributed by atoms with Crippen molar-refractivity contribution in [3.63, 3.8) is 0 Å². The van der Waals surface area contributed by atoms with E-state index in [9.17, 15) is 4.79 Å². The van der Waals surface area contributed by atoms with Gasteiger partial charge in [0.15, 0.2) is 0 Å². The summed E-state index contributed by atoms with van der Waals surface area (Å²) in [5.74, 6) is -0.0477. The van der Waals surface area contributed by atoms with Crippen LogP contribution < -0.4 is 10.2 Å². The van der Waals surface area contributed by atoms with Crippen LogP contribution in [0, 0.1) is 0 Å². The lowest BCUT2D eigenvalue weighted by molar-refractivity contribution is 0.103. The number of likely N-dealkylation sites (N-methyl/N-ethyl adjacent to an activating group) is 1. The van der Waals surface area contributed by atoms with E-state index in [-0.39, 0.29) is 12.5 Å². The number of aryl methyl sites for hydroxylation is 2. The summed E-state index contributed by atoms with van der Waals surface area (Å²) in [7, 11) is 1.93. The first-order valence-electron chi connectivity index (χ1n) is 8.44. The van der Waals surface area contributed by atoms with Crippen LogP contribution in [0.4, 0.5) is 11.4 Å². The zero-order chi connectivity index (χ0) is 17.5. The van der Waals surface area contributed by atoms with Gasteiger partial charge in [-0.25, -0.2) is 0 Å². The summed E-state index contributed by atoms with van der Waals surface area (Å²) in [5.41, 5.74) is 3.08. The molecule has 0 saturated heterocycles. The van der Waals surface area contributed by atoms with Crippen molar-refractivity contribution in [1.82, 2.24) is 0 Å². The zero-order valence-electron chi connectivity index (χ0n) is 14.6. The number of nitrogens with zero attached hydrogens (tertiary/aromatic N) is 1. The summed E-state index contributed by atoms with van der Waals surface area (Å²) < 4.78 is 0. The molecule has 1 aromatic carbocycles. The largest absolute Gasteiger partial charge is 0.395 e. The Morgan fingerprint density at radius 2 is 1.96 bits per heavy atom. The van der Waals surface area contributed by atoms with E-state index in [0.29, 0.717) is 6.54 Å². The molecule has 0 atom stereocenters. The van der Waals surface area contributed by atoms with E-state index in [1.165, 1.54) is 10.4 Å². The van der Waals surface area contributed by atoms with Gasteiger partial charge in [-0.05, 0) is 48.7 Å². The number of thiophene rings is 1. The van der Waals surface area contributed by atoms with Crippen LogP contribution in [0.1, 0.15) is 40.4 Å². The van der Waals surface area contributed by atoms with Gasteiger partial charge in [0, 0.05) is 29.8 Å². The van der Waals surface area contributed by atoms with Crippen molar-refractivity contribution in [2.45, 2.75) is 33.1 Å². The molecular formula is C19H26N2O2S. The molecule has 1 amide bonds. The fourth-order valence-electron chi connectivity index (χ4n) is 2.59. The van der Waals surface area contributed by atoms with Crippen molar-refractivity contribution in [2.75, 3.05) is 30.4 Å². The Morgan fingerprint density at radius 1 is 1.25 bits per heavy atom. The lowest BCUT2D eigenvalue weighted by Gasteiger charge is -2.18. The monoisotopic (exact) mass is 346 g/mol. The second-order valence-electron chi connectivity index (χ2n) is 5.81. The molecule has 0 radical (unpaired) electrons. The minimum absolute atomic E-state index is 0.0477. The third kappa shape index (κ3) is 4.58. The number of rotatable bonds is 8. The lowest BCUT2D eigenvalue weighted by atomic mass is 10.1. The van der Waals surface area contributed by atoms with Gasteiger partial charge in [-0.2, -0.15) is 0 Å². The second kappa shape index (κ2) is 8.85. The highest BCUT2D eigenvalue weighted by Crippen LogP contribution is 2.26. The summed E-state index contributed by atoms with van der Waals surface area (Å²) in [5, 5.41) is 11.9. The van der Waals surface area contributed by atoms with E-state index in [2.05, 4.69) is 19.2 Å². The van der Waals surface area contributed by atoms with Crippen LogP contribution >= 0.6 is 11.3 Å². The van der Waals surface area contributed by atoms with E-state index < -0.39 is 0 Å². The van der Waals surface area contributed by atoms with E-state index >= 15 is 0 Å². The fourth-order valence-corrected chi connectivity index (χ4v) is 3.84. The van der Waals surface area contributed by atoms with Gasteiger partial charge < -0.3 is 15.3 Å².